The predicted octanol–water partition coefficient (Wildman–Crippen LogP) is 0.840. The lowest BCUT2D eigenvalue weighted by Gasteiger charge is -2.24. The smallest absolute Gasteiger partial charge is 0.308 e. The molecule has 0 bridgehead atoms. The lowest BCUT2D eigenvalue weighted by Crippen LogP contribution is -2.44. The summed E-state index contributed by atoms with van der Waals surface area (Å²) in [6.45, 7) is 0.991. The molecule has 1 amide bonds. The minimum absolute atomic E-state index is 0.0688. The summed E-state index contributed by atoms with van der Waals surface area (Å²) >= 11 is 0. The lowest BCUT2D eigenvalue weighted by atomic mass is 9.85. The van der Waals surface area contributed by atoms with Gasteiger partial charge in [-0.15, -0.1) is 0 Å². The second kappa shape index (κ2) is 5.12. The molecule has 3 rings (SSSR count). The molecule has 2 saturated heterocycles. The maximum Gasteiger partial charge on any atom is 0.308 e. The third kappa shape index (κ3) is 2.48. The maximum absolute atomic E-state index is 12.4. The Morgan fingerprint density at radius 1 is 1.16 bits per heavy atom. The van der Waals surface area contributed by atoms with E-state index in [1.807, 2.05) is 0 Å². The number of fused-ring (bicyclic) bond motifs is 1. The number of hydrogen-bond acceptors (Lipinski definition) is 3. The molecule has 2 N–H and O–H groups in total. The van der Waals surface area contributed by atoms with E-state index in [9.17, 15) is 9.59 Å². The number of likely N-dealkylation sites (tertiary alicyclic amines) is 1. The molecule has 19 heavy (non-hydrogen) atoms. The first kappa shape index (κ1) is 12.9. The number of carbonyl (C=O) groups excluding carboxylic acids is 1. The molecule has 4 atom stereocenters. The third-order valence-electron chi connectivity index (χ3n) is 5.01. The van der Waals surface area contributed by atoms with Crippen LogP contribution in [0.5, 0.6) is 0 Å². The molecule has 5 nitrogen and oxygen atoms in total. The predicted molar refractivity (Wildman–Crippen MR) is 69.6 cm³/mol. The Morgan fingerprint density at radius 2 is 1.95 bits per heavy atom. The molecule has 5 heteroatoms. The van der Waals surface area contributed by atoms with Gasteiger partial charge in [0.15, 0.2) is 0 Å². The highest BCUT2D eigenvalue weighted by Gasteiger charge is 2.41. The molecule has 106 valence electrons. The second-order valence-corrected chi connectivity index (χ2v) is 6.21. The lowest BCUT2D eigenvalue weighted by molar-refractivity contribution is -0.141. The summed E-state index contributed by atoms with van der Waals surface area (Å²) in [6.07, 6.45) is 6.51. The largest absolute Gasteiger partial charge is 0.481 e. The van der Waals surface area contributed by atoms with Crippen LogP contribution in [0.4, 0.5) is 0 Å². The average molecular weight is 266 g/mol. The zero-order chi connectivity index (χ0) is 13.4. The highest BCUT2D eigenvalue weighted by molar-refractivity contribution is 5.83. The fraction of sp³-hybridized carbons (Fsp3) is 0.857. The van der Waals surface area contributed by atoms with Crippen molar-refractivity contribution in [2.24, 2.45) is 11.8 Å². The van der Waals surface area contributed by atoms with Crippen molar-refractivity contribution in [1.29, 1.82) is 0 Å². The molecule has 0 aromatic rings. The average Bonchev–Trinajstić information content (AvgIpc) is 3.04. The second-order valence-electron chi connectivity index (χ2n) is 6.21. The van der Waals surface area contributed by atoms with Gasteiger partial charge in [0.1, 0.15) is 0 Å². The van der Waals surface area contributed by atoms with Gasteiger partial charge < -0.3 is 15.3 Å². The Hall–Kier alpha value is -1.10. The molecule has 2 aliphatic heterocycles. The van der Waals surface area contributed by atoms with Crippen LogP contribution in [-0.2, 0) is 9.59 Å². The Kier molecular flexibility index (Phi) is 3.48. The van der Waals surface area contributed by atoms with Crippen molar-refractivity contribution < 1.29 is 14.7 Å². The minimum atomic E-state index is -0.775. The number of carboxylic acid groups (broad SMARTS) is 1. The van der Waals surface area contributed by atoms with E-state index in [1.165, 1.54) is 25.7 Å². The molecule has 1 aliphatic carbocycles. The van der Waals surface area contributed by atoms with Crippen molar-refractivity contribution in [2.45, 2.75) is 50.6 Å². The number of amides is 1. The third-order valence-corrected chi connectivity index (χ3v) is 5.01. The van der Waals surface area contributed by atoms with Crippen LogP contribution in [0.1, 0.15) is 38.5 Å². The number of carboxylic acids is 1. The number of aliphatic carboxylic acids is 1. The molecule has 0 aromatic carbocycles. The van der Waals surface area contributed by atoms with E-state index in [-0.39, 0.29) is 17.9 Å². The summed E-state index contributed by atoms with van der Waals surface area (Å²) < 4.78 is 0. The SMILES string of the molecule is O=C(O)C1CCN(C(=O)C2CC3CCCCC3N2)C1. The monoisotopic (exact) mass is 266 g/mol. The first-order chi connectivity index (χ1) is 9.15. The van der Waals surface area contributed by atoms with Crippen molar-refractivity contribution in [3.8, 4) is 0 Å². The Morgan fingerprint density at radius 3 is 2.63 bits per heavy atom. The molecule has 0 spiro atoms. The van der Waals surface area contributed by atoms with Crippen molar-refractivity contribution >= 4 is 11.9 Å². The summed E-state index contributed by atoms with van der Waals surface area (Å²) in [4.78, 5) is 25.1. The fourth-order valence-corrected chi connectivity index (χ4v) is 3.89. The van der Waals surface area contributed by atoms with Gasteiger partial charge in [-0.2, -0.15) is 0 Å². The number of nitrogens with zero attached hydrogens (tertiary/aromatic N) is 1. The zero-order valence-electron chi connectivity index (χ0n) is 11.2. The summed E-state index contributed by atoms with van der Waals surface area (Å²) in [7, 11) is 0. The van der Waals surface area contributed by atoms with Crippen molar-refractivity contribution in [1.82, 2.24) is 10.2 Å². The number of rotatable bonds is 2. The van der Waals surface area contributed by atoms with Gasteiger partial charge in [0.25, 0.3) is 0 Å². The topological polar surface area (TPSA) is 69.6 Å². The van der Waals surface area contributed by atoms with Crippen LogP contribution in [0.25, 0.3) is 0 Å². The van der Waals surface area contributed by atoms with Gasteiger partial charge in [-0.05, 0) is 31.6 Å². The maximum atomic E-state index is 12.4. The quantitative estimate of drug-likeness (QED) is 0.777. The van der Waals surface area contributed by atoms with Crippen LogP contribution in [-0.4, -0.2) is 47.1 Å². The van der Waals surface area contributed by atoms with E-state index in [1.54, 1.807) is 4.90 Å². The van der Waals surface area contributed by atoms with Crippen molar-refractivity contribution in [3.63, 3.8) is 0 Å². The number of hydrogen-bond donors (Lipinski definition) is 2. The normalized spacial score (nSPS) is 38.2. The molecule has 0 aromatic heterocycles. The van der Waals surface area contributed by atoms with Crippen LogP contribution in [0.3, 0.4) is 0 Å². The van der Waals surface area contributed by atoms with Gasteiger partial charge >= 0.3 is 5.97 Å². The highest BCUT2D eigenvalue weighted by Crippen LogP contribution is 2.34. The van der Waals surface area contributed by atoms with Crippen molar-refractivity contribution in [2.75, 3.05) is 13.1 Å². The molecule has 1 saturated carbocycles. The summed E-state index contributed by atoms with van der Waals surface area (Å²) in [6, 6.07) is 0.446. The molecule has 2 heterocycles. The Bertz CT molecular complexity index is 371. The van der Waals surface area contributed by atoms with E-state index in [0.717, 1.165) is 6.42 Å². The molecule has 3 aliphatic rings. The van der Waals surface area contributed by atoms with Crippen LogP contribution < -0.4 is 5.32 Å². The van der Waals surface area contributed by atoms with Gasteiger partial charge in [0, 0.05) is 19.1 Å². The molecular weight excluding hydrogens is 244 g/mol. The summed E-state index contributed by atoms with van der Waals surface area (Å²) in [5, 5.41) is 12.5. The van der Waals surface area contributed by atoms with Crippen LogP contribution >= 0.6 is 0 Å². The molecule has 4 unspecified atom stereocenters. The van der Waals surface area contributed by atoms with E-state index < -0.39 is 5.97 Å². The highest BCUT2D eigenvalue weighted by atomic mass is 16.4. The number of carbonyl (C=O) groups is 2. The van der Waals surface area contributed by atoms with Gasteiger partial charge in [-0.25, -0.2) is 0 Å². The molecule has 0 radical (unpaired) electrons. The first-order valence-corrected chi connectivity index (χ1v) is 7.43. The van der Waals surface area contributed by atoms with Gasteiger partial charge in [0.2, 0.25) is 5.91 Å². The molecule has 3 fully saturated rings. The molecular formula is C14H22N2O3. The Labute approximate surface area is 113 Å². The van der Waals surface area contributed by atoms with Crippen LogP contribution in [0.2, 0.25) is 0 Å². The van der Waals surface area contributed by atoms with E-state index >= 15 is 0 Å². The van der Waals surface area contributed by atoms with Crippen LogP contribution in [0.15, 0.2) is 0 Å². The number of nitrogens with one attached hydrogen (secondary N) is 1. The van der Waals surface area contributed by atoms with Crippen LogP contribution in [0, 0.1) is 11.8 Å². The first-order valence-electron chi connectivity index (χ1n) is 7.43. The Balaban J connectivity index is 1.58. The minimum Gasteiger partial charge on any atom is -0.481 e. The van der Waals surface area contributed by atoms with Crippen molar-refractivity contribution in [3.05, 3.63) is 0 Å². The van der Waals surface area contributed by atoms with Gasteiger partial charge in [-0.3, -0.25) is 9.59 Å². The van der Waals surface area contributed by atoms with E-state index in [0.29, 0.717) is 31.5 Å². The van der Waals surface area contributed by atoms with Gasteiger partial charge in [0.05, 0.1) is 12.0 Å². The zero-order valence-corrected chi connectivity index (χ0v) is 11.2. The summed E-state index contributed by atoms with van der Waals surface area (Å²) in [5.74, 6) is -0.366. The van der Waals surface area contributed by atoms with E-state index in [4.69, 9.17) is 5.11 Å². The van der Waals surface area contributed by atoms with E-state index in [2.05, 4.69) is 5.32 Å². The summed E-state index contributed by atoms with van der Waals surface area (Å²) in [5.41, 5.74) is 0. The fourth-order valence-electron chi connectivity index (χ4n) is 3.89. The standard InChI is InChI=1S/C14H22N2O3/c17-13(16-6-5-10(8-16)14(18)19)12-7-9-3-1-2-4-11(9)15-12/h9-12,15H,1-8H2,(H,18,19). The van der Waals surface area contributed by atoms with Gasteiger partial charge in [-0.1, -0.05) is 12.8 Å².